The summed E-state index contributed by atoms with van der Waals surface area (Å²) in [7, 11) is -3.77. The number of allylic oxidation sites excluding steroid dienone is 1. The monoisotopic (exact) mass is 391 g/mol. The highest BCUT2D eigenvalue weighted by Gasteiger charge is 2.16. The zero-order chi connectivity index (χ0) is 16.9. The summed E-state index contributed by atoms with van der Waals surface area (Å²) >= 11 is 8.49. The number of hydrogen-bond acceptors (Lipinski definition) is 6. The van der Waals surface area contributed by atoms with E-state index in [2.05, 4.69) is 16.1 Å². The number of rotatable bonds is 7. The minimum Gasteiger partial charge on any atom is -0.396 e. The first-order valence-corrected chi connectivity index (χ1v) is 10.0. The topological polar surface area (TPSA) is 73.0 Å². The molecule has 0 aliphatic carbocycles. The quantitative estimate of drug-likeness (QED) is 0.413. The van der Waals surface area contributed by atoms with Gasteiger partial charge in [-0.1, -0.05) is 40.2 Å². The van der Waals surface area contributed by atoms with Crippen LogP contribution < -0.4 is 4.80 Å². The maximum Gasteiger partial charge on any atom is 0.294 e. The molecule has 0 aliphatic heterocycles. The van der Waals surface area contributed by atoms with Gasteiger partial charge in [0.1, 0.15) is 16.0 Å². The molecule has 10 heteroatoms. The second kappa shape index (κ2) is 7.91. The molecule has 0 fully saturated rings. The third-order valence-electron chi connectivity index (χ3n) is 2.51. The molecule has 0 aliphatic rings. The Balaban J connectivity index is 2.55. The molecule has 124 valence electrons. The molecule has 0 spiro atoms. The van der Waals surface area contributed by atoms with E-state index in [0.717, 1.165) is 22.7 Å². The molecule has 0 saturated heterocycles. The van der Waals surface area contributed by atoms with Gasteiger partial charge in [0.25, 0.3) is 10.0 Å². The number of aromatic nitrogens is 1. The van der Waals surface area contributed by atoms with E-state index < -0.39 is 10.0 Å². The predicted molar refractivity (Wildman–Crippen MR) is 93.8 cm³/mol. The molecule has 6 nitrogen and oxygen atoms in total. The molecule has 2 heterocycles. The Morgan fingerprint density at radius 2 is 2.30 bits per heavy atom. The smallest absolute Gasteiger partial charge is 0.294 e. The molecule has 2 aromatic heterocycles. The van der Waals surface area contributed by atoms with E-state index in [4.69, 9.17) is 16.4 Å². The Kier molecular flexibility index (Phi) is 6.17. The second-order valence-electron chi connectivity index (χ2n) is 4.09. The van der Waals surface area contributed by atoms with E-state index in [-0.39, 0.29) is 9.01 Å². The minimum absolute atomic E-state index is 0.178. The lowest BCUT2D eigenvalue weighted by Crippen LogP contribution is -2.16. The van der Waals surface area contributed by atoms with Crippen molar-refractivity contribution in [2.75, 3.05) is 6.61 Å². The molecular weight excluding hydrogens is 378 g/mol. The Bertz CT molecular complexity index is 864. The van der Waals surface area contributed by atoms with Crippen LogP contribution in [-0.2, 0) is 21.4 Å². The molecule has 0 saturated carbocycles. The van der Waals surface area contributed by atoms with Gasteiger partial charge in [0.05, 0.1) is 11.1 Å². The van der Waals surface area contributed by atoms with E-state index in [0.29, 0.717) is 23.2 Å². The van der Waals surface area contributed by atoms with Crippen LogP contribution >= 0.6 is 34.3 Å². The van der Waals surface area contributed by atoms with Crippen LogP contribution in [0.25, 0.3) is 0 Å². The Labute approximate surface area is 147 Å². The van der Waals surface area contributed by atoms with Crippen LogP contribution in [-0.4, -0.2) is 25.8 Å². The van der Waals surface area contributed by atoms with Crippen molar-refractivity contribution in [3.8, 4) is 0 Å². The second-order valence-corrected chi connectivity index (χ2v) is 8.24. The van der Waals surface area contributed by atoms with Crippen molar-refractivity contribution in [1.29, 1.82) is 0 Å². The summed E-state index contributed by atoms with van der Waals surface area (Å²) in [6.07, 6.45) is 3.05. The fourth-order valence-electron chi connectivity index (χ4n) is 1.57. The molecule has 0 unspecified atom stereocenters. The average molecular weight is 392 g/mol. The normalized spacial score (nSPS) is 12.9. The van der Waals surface area contributed by atoms with Gasteiger partial charge in [-0.2, -0.15) is 8.42 Å². The van der Waals surface area contributed by atoms with Crippen molar-refractivity contribution in [2.45, 2.75) is 17.7 Å². The number of sulfonamides is 1. The molecule has 0 amide bonds. The molecular formula is C13H14ClN3O3S3. The van der Waals surface area contributed by atoms with E-state index in [9.17, 15) is 8.42 Å². The molecule has 2 rings (SSSR count). The van der Waals surface area contributed by atoms with Gasteiger partial charge in [-0.3, -0.25) is 0 Å². The number of halogens is 1. The maximum atomic E-state index is 12.3. The summed E-state index contributed by atoms with van der Waals surface area (Å²) in [6.45, 7) is 6.21. The van der Waals surface area contributed by atoms with Crippen molar-refractivity contribution in [2.24, 2.45) is 9.55 Å². The lowest BCUT2D eigenvalue weighted by atomic mass is 10.5. The van der Waals surface area contributed by atoms with Crippen LogP contribution in [0.3, 0.4) is 0 Å². The maximum absolute atomic E-state index is 12.3. The highest BCUT2D eigenvalue weighted by atomic mass is 35.5. The Morgan fingerprint density at radius 1 is 1.52 bits per heavy atom. The fourth-order valence-corrected chi connectivity index (χ4v) is 4.99. The molecule has 2 aromatic rings. The fraction of sp³-hybridized carbons (Fsp3) is 0.231. The first-order chi connectivity index (χ1) is 11.0. The summed E-state index contributed by atoms with van der Waals surface area (Å²) in [6, 6.07) is 3.17. The van der Waals surface area contributed by atoms with Crippen LogP contribution in [0.1, 0.15) is 11.8 Å². The van der Waals surface area contributed by atoms with Crippen LogP contribution in [0.15, 0.2) is 43.9 Å². The summed E-state index contributed by atoms with van der Waals surface area (Å²) in [5, 5.41) is 5.77. The van der Waals surface area contributed by atoms with Crippen LogP contribution in [0.5, 0.6) is 0 Å². The van der Waals surface area contributed by atoms with E-state index in [1.165, 1.54) is 12.3 Å². The number of oxime groups is 1. The van der Waals surface area contributed by atoms with Gasteiger partial charge in [0.2, 0.25) is 4.80 Å². The van der Waals surface area contributed by atoms with Gasteiger partial charge >= 0.3 is 0 Å². The molecule has 0 N–H and O–H groups in total. The van der Waals surface area contributed by atoms with Crippen molar-refractivity contribution < 1.29 is 13.3 Å². The van der Waals surface area contributed by atoms with Gasteiger partial charge in [-0.15, -0.1) is 22.3 Å². The van der Waals surface area contributed by atoms with Crippen molar-refractivity contribution >= 4 is 50.5 Å². The summed E-state index contributed by atoms with van der Waals surface area (Å²) in [5.74, 6) is 0. The average Bonchev–Trinajstić information content (AvgIpc) is 3.13. The first kappa shape index (κ1) is 17.9. The van der Waals surface area contributed by atoms with Crippen molar-refractivity contribution in [3.63, 3.8) is 0 Å². The third-order valence-corrected chi connectivity index (χ3v) is 6.79. The van der Waals surface area contributed by atoms with Crippen molar-refractivity contribution in [1.82, 2.24) is 4.57 Å². The highest BCUT2D eigenvalue weighted by molar-refractivity contribution is 7.92. The molecule has 23 heavy (non-hydrogen) atoms. The van der Waals surface area contributed by atoms with Gasteiger partial charge in [-0.05, 0) is 18.4 Å². The number of thiazole rings is 1. The third kappa shape index (κ3) is 4.31. The Morgan fingerprint density at radius 3 is 2.91 bits per heavy atom. The van der Waals surface area contributed by atoms with E-state index in [1.807, 2.05) is 0 Å². The first-order valence-electron chi connectivity index (χ1n) is 6.49. The SMILES string of the molecule is C=CCn1c(Cl)c(/C=N/OCC)s/c1=N\S(=O)(=O)c1cccs1. The number of nitrogens with zero attached hydrogens (tertiary/aromatic N) is 3. The standard InChI is InChI=1S/C13H14ClN3O3S3/c1-3-7-17-12(14)10(9-15-20-4-2)22-13(17)16-23(18,19)11-6-5-8-21-11/h3,5-6,8-9H,1,4,7H2,2H3/b15-9+,16-13-. The summed E-state index contributed by atoms with van der Waals surface area (Å²) in [4.78, 5) is 5.71. The van der Waals surface area contributed by atoms with Crippen molar-refractivity contribution in [3.05, 3.63) is 45.0 Å². The summed E-state index contributed by atoms with van der Waals surface area (Å²) in [5.41, 5.74) is 0. The minimum atomic E-state index is -3.77. The molecule has 0 atom stereocenters. The largest absolute Gasteiger partial charge is 0.396 e. The lowest BCUT2D eigenvalue weighted by molar-refractivity contribution is 0.160. The number of hydrogen-bond donors (Lipinski definition) is 0. The zero-order valence-electron chi connectivity index (χ0n) is 12.2. The van der Waals surface area contributed by atoms with E-state index in [1.54, 1.807) is 29.0 Å². The molecule has 0 bridgehead atoms. The van der Waals surface area contributed by atoms with Gasteiger partial charge in [-0.25, -0.2) is 0 Å². The number of thiophene rings is 1. The molecule has 0 radical (unpaired) electrons. The highest BCUT2D eigenvalue weighted by Crippen LogP contribution is 2.20. The van der Waals surface area contributed by atoms with E-state index >= 15 is 0 Å². The van der Waals surface area contributed by atoms with Gasteiger partial charge in [0.15, 0.2) is 0 Å². The lowest BCUT2D eigenvalue weighted by Gasteiger charge is -2.00. The Hall–Kier alpha value is -1.42. The predicted octanol–water partition coefficient (Wildman–Crippen LogP) is 3.11. The van der Waals surface area contributed by atoms with Crippen LogP contribution in [0, 0.1) is 0 Å². The van der Waals surface area contributed by atoms with Gasteiger partial charge in [0, 0.05) is 6.54 Å². The van der Waals surface area contributed by atoms with Crippen LogP contribution in [0.4, 0.5) is 0 Å². The van der Waals surface area contributed by atoms with Crippen LogP contribution in [0.2, 0.25) is 5.15 Å². The molecule has 0 aromatic carbocycles. The summed E-state index contributed by atoms with van der Waals surface area (Å²) < 4.78 is 30.2. The zero-order valence-corrected chi connectivity index (χ0v) is 15.4. The van der Waals surface area contributed by atoms with Gasteiger partial charge < -0.3 is 9.40 Å².